The average Bonchev–Trinajstić information content (AvgIpc) is 2.36. The molecule has 0 radical (unpaired) electrons. The van der Waals surface area contributed by atoms with E-state index in [2.05, 4.69) is 0 Å². The lowest BCUT2D eigenvalue weighted by Gasteiger charge is -2.19. The van der Waals surface area contributed by atoms with Crippen LogP contribution in [0.1, 0.15) is 26.3 Å². The minimum Gasteiger partial charge on any atom is -0.468 e. The van der Waals surface area contributed by atoms with Crippen LogP contribution in [0.4, 0.5) is 0 Å². The number of carbonyl (C=O) groups excluding carboxylic acids is 1. The van der Waals surface area contributed by atoms with Crippen LogP contribution >= 0.6 is 22.6 Å². The van der Waals surface area contributed by atoms with Gasteiger partial charge in [-0.15, -0.1) is 0 Å². The first kappa shape index (κ1) is 17.0. The Labute approximate surface area is 133 Å². The smallest absolute Gasteiger partial charge is 0.344 e. The van der Waals surface area contributed by atoms with Crippen LogP contribution in [0.2, 0.25) is 0 Å². The first-order valence-electron chi connectivity index (χ1n) is 6.14. The van der Waals surface area contributed by atoms with E-state index in [1.54, 1.807) is 13.2 Å². The maximum atomic E-state index is 11.8. The SMILES string of the molecule is COCOc1ccc(/C=C(\I)C(=O)OC(C)(C)C)cc1. The summed E-state index contributed by atoms with van der Waals surface area (Å²) in [5, 5.41) is 0. The van der Waals surface area contributed by atoms with Crippen LogP contribution in [-0.2, 0) is 14.3 Å². The summed E-state index contributed by atoms with van der Waals surface area (Å²) in [7, 11) is 1.57. The van der Waals surface area contributed by atoms with Crippen molar-refractivity contribution in [2.45, 2.75) is 26.4 Å². The fourth-order valence-electron chi connectivity index (χ4n) is 1.32. The molecular formula is C15H19IO4. The van der Waals surface area contributed by atoms with Gasteiger partial charge in [0, 0.05) is 7.11 Å². The third-order valence-corrected chi connectivity index (χ3v) is 2.86. The Morgan fingerprint density at radius 1 is 1.25 bits per heavy atom. The van der Waals surface area contributed by atoms with Crippen LogP contribution in [0.25, 0.3) is 6.08 Å². The molecule has 4 nitrogen and oxygen atoms in total. The van der Waals surface area contributed by atoms with Gasteiger partial charge in [-0.05, 0) is 67.1 Å². The van der Waals surface area contributed by atoms with Gasteiger partial charge < -0.3 is 14.2 Å². The van der Waals surface area contributed by atoms with E-state index in [1.165, 1.54) is 0 Å². The second-order valence-corrected chi connectivity index (χ2v) is 6.28. The summed E-state index contributed by atoms with van der Waals surface area (Å²) in [4.78, 5) is 11.8. The molecule has 20 heavy (non-hydrogen) atoms. The van der Waals surface area contributed by atoms with E-state index in [0.29, 0.717) is 3.58 Å². The summed E-state index contributed by atoms with van der Waals surface area (Å²) in [6.07, 6.45) is 1.77. The first-order chi connectivity index (χ1) is 9.31. The standard InChI is InChI=1S/C15H19IO4/c1-15(2,3)20-14(17)13(16)9-11-5-7-12(8-6-11)19-10-18-4/h5-9H,10H2,1-4H3/b13-9-. The number of carbonyl (C=O) groups is 1. The monoisotopic (exact) mass is 390 g/mol. The maximum absolute atomic E-state index is 11.8. The van der Waals surface area contributed by atoms with E-state index in [9.17, 15) is 4.79 Å². The molecule has 0 unspecified atom stereocenters. The van der Waals surface area contributed by atoms with Crippen molar-refractivity contribution in [3.63, 3.8) is 0 Å². The number of benzene rings is 1. The zero-order valence-corrected chi connectivity index (χ0v) is 14.3. The zero-order valence-electron chi connectivity index (χ0n) is 12.1. The number of ether oxygens (including phenoxy) is 3. The molecule has 0 aliphatic heterocycles. The second-order valence-electron chi connectivity index (χ2n) is 5.11. The fraction of sp³-hybridized carbons (Fsp3) is 0.400. The number of rotatable bonds is 5. The van der Waals surface area contributed by atoms with Crippen molar-refractivity contribution >= 4 is 34.6 Å². The molecule has 1 aromatic rings. The van der Waals surface area contributed by atoms with E-state index in [-0.39, 0.29) is 12.8 Å². The molecule has 5 heteroatoms. The van der Waals surface area contributed by atoms with Gasteiger partial charge in [-0.1, -0.05) is 12.1 Å². The molecule has 110 valence electrons. The van der Waals surface area contributed by atoms with Gasteiger partial charge in [-0.25, -0.2) is 4.79 Å². The quantitative estimate of drug-likeness (QED) is 0.332. The molecule has 0 saturated heterocycles. The lowest BCUT2D eigenvalue weighted by atomic mass is 10.2. The van der Waals surface area contributed by atoms with E-state index in [1.807, 2.05) is 67.6 Å². The molecule has 0 aliphatic rings. The third kappa shape index (κ3) is 6.38. The van der Waals surface area contributed by atoms with Gasteiger partial charge in [0.2, 0.25) is 0 Å². The lowest BCUT2D eigenvalue weighted by molar-refractivity contribution is -0.148. The van der Waals surface area contributed by atoms with E-state index in [4.69, 9.17) is 14.2 Å². The Morgan fingerprint density at radius 3 is 2.35 bits per heavy atom. The van der Waals surface area contributed by atoms with Crippen LogP contribution in [0.5, 0.6) is 5.75 Å². The van der Waals surface area contributed by atoms with Gasteiger partial charge >= 0.3 is 5.97 Å². The summed E-state index contributed by atoms with van der Waals surface area (Å²) < 4.78 is 15.9. The minimum absolute atomic E-state index is 0.213. The Kier molecular flexibility index (Phi) is 6.48. The molecule has 0 fully saturated rings. The van der Waals surface area contributed by atoms with Crippen LogP contribution in [0.15, 0.2) is 27.8 Å². The Balaban J connectivity index is 2.70. The normalized spacial score (nSPS) is 12.2. The van der Waals surface area contributed by atoms with Crippen molar-refractivity contribution in [1.29, 1.82) is 0 Å². The molecule has 0 amide bonds. The predicted octanol–water partition coefficient (Wildman–Crippen LogP) is 3.79. The zero-order chi connectivity index (χ0) is 15.2. The highest BCUT2D eigenvalue weighted by molar-refractivity contribution is 14.1. The highest BCUT2D eigenvalue weighted by atomic mass is 127. The highest BCUT2D eigenvalue weighted by Gasteiger charge is 2.18. The molecule has 1 aromatic carbocycles. The summed E-state index contributed by atoms with van der Waals surface area (Å²) in [5.74, 6) is 0.397. The van der Waals surface area contributed by atoms with Crippen molar-refractivity contribution < 1.29 is 19.0 Å². The van der Waals surface area contributed by atoms with Crippen LogP contribution < -0.4 is 4.74 Å². The van der Waals surface area contributed by atoms with Crippen LogP contribution in [0.3, 0.4) is 0 Å². The maximum Gasteiger partial charge on any atom is 0.344 e. The van der Waals surface area contributed by atoms with Crippen LogP contribution in [0, 0.1) is 0 Å². The molecule has 0 bridgehead atoms. The van der Waals surface area contributed by atoms with Gasteiger partial charge in [0.1, 0.15) is 11.4 Å². The highest BCUT2D eigenvalue weighted by Crippen LogP contribution is 2.20. The molecule has 0 N–H and O–H groups in total. The Morgan fingerprint density at radius 2 is 1.85 bits per heavy atom. The molecule has 0 saturated carbocycles. The molecular weight excluding hydrogens is 371 g/mol. The number of methoxy groups -OCH3 is 1. The minimum atomic E-state index is -0.487. The molecule has 0 heterocycles. The first-order valence-corrected chi connectivity index (χ1v) is 7.22. The fourth-order valence-corrected chi connectivity index (χ4v) is 1.79. The van der Waals surface area contributed by atoms with E-state index >= 15 is 0 Å². The van der Waals surface area contributed by atoms with E-state index < -0.39 is 5.60 Å². The van der Waals surface area contributed by atoms with E-state index in [0.717, 1.165) is 11.3 Å². The van der Waals surface area contributed by atoms with Crippen molar-refractivity contribution in [2.75, 3.05) is 13.9 Å². The molecule has 0 spiro atoms. The summed E-state index contributed by atoms with van der Waals surface area (Å²) >= 11 is 1.98. The summed E-state index contributed by atoms with van der Waals surface area (Å²) in [6.45, 7) is 5.74. The molecule has 0 atom stereocenters. The average molecular weight is 390 g/mol. The number of hydrogen-bond acceptors (Lipinski definition) is 4. The van der Waals surface area contributed by atoms with Gasteiger partial charge in [-0.3, -0.25) is 0 Å². The van der Waals surface area contributed by atoms with Gasteiger partial charge in [0.25, 0.3) is 0 Å². The second kappa shape index (κ2) is 7.64. The number of halogens is 1. The van der Waals surface area contributed by atoms with Gasteiger partial charge in [0.05, 0.1) is 3.58 Å². The van der Waals surface area contributed by atoms with Crippen molar-refractivity contribution in [1.82, 2.24) is 0 Å². The van der Waals surface area contributed by atoms with Gasteiger partial charge in [-0.2, -0.15) is 0 Å². The largest absolute Gasteiger partial charge is 0.468 e. The Bertz CT molecular complexity index is 472. The number of esters is 1. The molecule has 0 aliphatic carbocycles. The lowest BCUT2D eigenvalue weighted by Crippen LogP contribution is -2.23. The van der Waals surface area contributed by atoms with Crippen molar-refractivity contribution in [2.24, 2.45) is 0 Å². The predicted molar refractivity (Wildman–Crippen MR) is 86.8 cm³/mol. The van der Waals surface area contributed by atoms with Crippen molar-refractivity contribution in [3.8, 4) is 5.75 Å². The summed E-state index contributed by atoms with van der Waals surface area (Å²) in [6, 6.07) is 7.38. The molecule has 0 aromatic heterocycles. The van der Waals surface area contributed by atoms with Crippen LogP contribution in [-0.4, -0.2) is 25.5 Å². The molecule has 1 rings (SSSR count). The number of hydrogen-bond donors (Lipinski definition) is 0. The third-order valence-electron chi connectivity index (χ3n) is 2.11. The topological polar surface area (TPSA) is 44.8 Å². The summed E-state index contributed by atoms with van der Waals surface area (Å²) in [5.41, 5.74) is 0.421. The van der Waals surface area contributed by atoms with Crippen molar-refractivity contribution in [3.05, 3.63) is 33.4 Å². The van der Waals surface area contributed by atoms with Gasteiger partial charge in [0.15, 0.2) is 6.79 Å². The Hall–Kier alpha value is -1.08.